The molecule has 1 unspecified atom stereocenters. The van der Waals surface area contributed by atoms with E-state index in [2.05, 4.69) is 0 Å². The lowest BCUT2D eigenvalue weighted by Gasteiger charge is -2.24. The maximum atomic E-state index is 12.6. The quantitative estimate of drug-likeness (QED) is 0.501. The molecule has 0 saturated carbocycles. The molecule has 9 heteroatoms. The third-order valence-electron chi connectivity index (χ3n) is 4.89. The van der Waals surface area contributed by atoms with E-state index in [1.54, 1.807) is 7.05 Å². The van der Waals surface area contributed by atoms with E-state index in [9.17, 15) is 18.0 Å². The molecule has 2 aliphatic rings. The Hall–Kier alpha value is -1.71. The molecule has 2 amide bonds. The number of carbonyl (C=O) groups is 2. The molecule has 2 saturated heterocycles. The Balaban J connectivity index is 1.52. The molecule has 0 aliphatic carbocycles. The van der Waals surface area contributed by atoms with Gasteiger partial charge in [0.2, 0.25) is 5.91 Å². The first kappa shape index (κ1) is 21.0. The highest BCUT2D eigenvalue weighted by atomic mass is 32.2. The highest BCUT2D eigenvalue weighted by molar-refractivity contribution is 8.26. The molecule has 2 aliphatic heterocycles. The Kier molecular flexibility index (Phi) is 6.57. The lowest BCUT2D eigenvalue weighted by atomic mass is 10.2. The van der Waals surface area contributed by atoms with Gasteiger partial charge in [0.15, 0.2) is 9.84 Å². The fraction of sp³-hybridized carbons (Fsp3) is 0.421. The van der Waals surface area contributed by atoms with Gasteiger partial charge >= 0.3 is 0 Å². The van der Waals surface area contributed by atoms with Crippen molar-refractivity contribution in [2.24, 2.45) is 0 Å². The molecule has 2 fully saturated rings. The van der Waals surface area contributed by atoms with Crippen molar-refractivity contribution in [3.05, 3.63) is 40.8 Å². The summed E-state index contributed by atoms with van der Waals surface area (Å²) < 4.78 is 23.7. The Labute approximate surface area is 174 Å². The third-order valence-corrected chi connectivity index (χ3v) is 8.02. The summed E-state index contributed by atoms with van der Waals surface area (Å²) in [6.07, 6.45) is 3.04. The van der Waals surface area contributed by atoms with E-state index < -0.39 is 9.84 Å². The highest BCUT2D eigenvalue weighted by Crippen LogP contribution is 2.32. The second-order valence-electron chi connectivity index (χ2n) is 6.91. The van der Waals surface area contributed by atoms with Crippen molar-refractivity contribution in [2.75, 3.05) is 25.1 Å². The van der Waals surface area contributed by atoms with Gasteiger partial charge in [-0.2, -0.15) is 0 Å². The van der Waals surface area contributed by atoms with Crippen LogP contribution in [0.5, 0.6) is 0 Å². The molecule has 1 atom stereocenters. The summed E-state index contributed by atoms with van der Waals surface area (Å²) in [7, 11) is -1.38. The summed E-state index contributed by atoms with van der Waals surface area (Å²) in [5.74, 6) is -0.0673. The van der Waals surface area contributed by atoms with Crippen LogP contribution in [0.25, 0.3) is 6.08 Å². The average molecular weight is 439 g/mol. The molecule has 1 aromatic rings. The first-order valence-electron chi connectivity index (χ1n) is 9.03. The topological polar surface area (TPSA) is 74.8 Å². The summed E-state index contributed by atoms with van der Waals surface area (Å²) in [4.78, 5) is 28.6. The van der Waals surface area contributed by atoms with Crippen LogP contribution in [0.15, 0.2) is 35.2 Å². The van der Waals surface area contributed by atoms with Crippen molar-refractivity contribution in [1.29, 1.82) is 0 Å². The van der Waals surface area contributed by atoms with Crippen LogP contribution in [0.2, 0.25) is 0 Å². The van der Waals surface area contributed by atoms with Crippen LogP contribution in [-0.2, 0) is 19.4 Å². The van der Waals surface area contributed by atoms with Crippen molar-refractivity contribution in [2.45, 2.75) is 25.3 Å². The lowest BCUT2D eigenvalue weighted by molar-refractivity contribution is -0.132. The largest absolute Gasteiger partial charge is 0.342 e. The van der Waals surface area contributed by atoms with E-state index in [4.69, 9.17) is 12.2 Å². The molecule has 0 radical (unpaired) electrons. The molecular formula is C19H22N2O4S3. The summed E-state index contributed by atoms with van der Waals surface area (Å²) in [5, 5.41) is 0. The molecule has 0 aromatic heterocycles. The van der Waals surface area contributed by atoms with Gasteiger partial charge < -0.3 is 4.90 Å². The lowest BCUT2D eigenvalue weighted by Crippen LogP contribution is -2.38. The molecule has 0 bridgehead atoms. The zero-order chi connectivity index (χ0) is 20.3. The SMILES string of the molecule is CN(C(=O)CCCN1C(=O)/C(=C\c2ccccc2)SC1=S)C1CCS(=O)(=O)C1. The summed E-state index contributed by atoms with van der Waals surface area (Å²) in [5.41, 5.74) is 0.936. The number of hydrogen-bond acceptors (Lipinski definition) is 6. The van der Waals surface area contributed by atoms with E-state index in [0.717, 1.165) is 5.56 Å². The number of thiocarbonyl (C=S) groups is 1. The fourth-order valence-electron chi connectivity index (χ4n) is 3.24. The van der Waals surface area contributed by atoms with Gasteiger partial charge in [-0.05, 0) is 24.5 Å². The molecule has 150 valence electrons. The zero-order valence-electron chi connectivity index (χ0n) is 15.5. The summed E-state index contributed by atoms with van der Waals surface area (Å²) >= 11 is 6.59. The molecule has 3 rings (SSSR count). The first-order chi connectivity index (χ1) is 13.3. The number of carbonyl (C=O) groups excluding carboxylic acids is 2. The van der Waals surface area contributed by atoms with Crippen LogP contribution in [0, 0.1) is 0 Å². The Morgan fingerprint density at radius 3 is 2.71 bits per heavy atom. The van der Waals surface area contributed by atoms with Gasteiger partial charge in [0.05, 0.1) is 16.4 Å². The molecule has 6 nitrogen and oxygen atoms in total. The number of sulfone groups is 1. The van der Waals surface area contributed by atoms with Crippen molar-refractivity contribution in [3.8, 4) is 0 Å². The Morgan fingerprint density at radius 2 is 2.07 bits per heavy atom. The predicted octanol–water partition coefficient (Wildman–Crippen LogP) is 2.31. The van der Waals surface area contributed by atoms with Gasteiger partial charge in [-0.25, -0.2) is 8.42 Å². The maximum absolute atomic E-state index is 12.6. The van der Waals surface area contributed by atoms with Crippen LogP contribution in [0.4, 0.5) is 0 Å². The Morgan fingerprint density at radius 1 is 1.36 bits per heavy atom. The van der Waals surface area contributed by atoms with E-state index >= 15 is 0 Å². The molecular weight excluding hydrogens is 416 g/mol. The molecule has 0 N–H and O–H groups in total. The van der Waals surface area contributed by atoms with Gasteiger partial charge in [-0.15, -0.1) is 0 Å². The van der Waals surface area contributed by atoms with Crippen LogP contribution < -0.4 is 0 Å². The second-order valence-corrected chi connectivity index (χ2v) is 10.8. The number of benzene rings is 1. The van der Waals surface area contributed by atoms with Gasteiger partial charge in [0, 0.05) is 26.1 Å². The Bertz CT molecular complexity index is 912. The van der Waals surface area contributed by atoms with Gasteiger partial charge in [0.1, 0.15) is 4.32 Å². The minimum Gasteiger partial charge on any atom is -0.342 e. The number of rotatable bonds is 6. The van der Waals surface area contributed by atoms with E-state index in [1.165, 1.54) is 21.6 Å². The number of thioether (sulfide) groups is 1. The predicted molar refractivity (Wildman–Crippen MR) is 115 cm³/mol. The van der Waals surface area contributed by atoms with Crippen LogP contribution in [-0.4, -0.2) is 65.5 Å². The maximum Gasteiger partial charge on any atom is 0.266 e. The normalized spacial score (nSPS) is 22.8. The molecule has 28 heavy (non-hydrogen) atoms. The van der Waals surface area contributed by atoms with Crippen molar-refractivity contribution in [3.63, 3.8) is 0 Å². The molecule has 1 aromatic carbocycles. The second kappa shape index (κ2) is 8.75. The summed E-state index contributed by atoms with van der Waals surface area (Å²) in [6.45, 7) is 0.374. The van der Waals surface area contributed by atoms with Crippen LogP contribution in [0.3, 0.4) is 0 Å². The van der Waals surface area contributed by atoms with Gasteiger partial charge in [0.25, 0.3) is 5.91 Å². The fourth-order valence-corrected chi connectivity index (χ4v) is 6.33. The summed E-state index contributed by atoms with van der Waals surface area (Å²) in [6, 6.07) is 9.32. The number of nitrogens with zero attached hydrogens (tertiary/aromatic N) is 2. The smallest absolute Gasteiger partial charge is 0.266 e. The number of amides is 2. The third kappa shape index (κ3) is 5.01. The van der Waals surface area contributed by atoms with Crippen molar-refractivity contribution in [1.82, 2.24) is 9.80 Å². The number of hydrogen-bond donors (Lipinski definition) is 0. The zero-order valence-corrected chi connectivity index (χ0v) is 18.0. The van der Waals surface area contributed by atoms with Crippen molar-refractivity contribution >= 4 is 56.0 Å². The van der Waals surface area contributed by atoms with Crippen LogP contribution >= 0.6 is 24.0 Å². The highest BCUT2D eigenvalue weighted by Gasteiger charge is 2.34. The average Bonchev–Trinajstić information content (AvgIpc) is 3.15. The molecule has 2 heterocycles. The molecule has 0 spiro atoms. The first-order valence-corrected chi connectivity index (χ1v) is 12.1. The minimum absolute atomic E-state index is 0.0359. The van der Waals surface area contributed by atoms with E-state index in [-0.39, 0.29) is 35.8 Å². The van der Waals surface area contributed by atoms with Gasteiger partial charge in [-0.3, -0.25) is 14.5 Å². The minimum atomic E-state index is -3.03. The standard InChI is InChI=1S/C19H22N2O4S3/c1-20(15-9-11-28(24,25)13-15)17(22)8-5-10-21-18(23)16(27-19(21)26)12-14-6-3-2-4-7-14/h2-4,6-7,12,15H,5,8-11,13H2,1H3/b16-12+. The van der Waals surface area contributed by atoms with Crippen molar-refractivity contribution < 1.29 is 18.0 Å². The van der Waals surface area contributed by atoms with E-state index in [0.29, 0.717) is 28.6 Å². The van der Waals surface area contributed by atoms with Crippen LogP contribution in [0.1, 0.15) is 24.8 Å². The van der Waals surface area contributed by atoms with E-state index in [1.807, 2.05) is 36.4 Å². The van der Waals surface area contributed by atoms with Gasteiger partial charge in [-0.1, -0.05) is 54.3 Å². The monoisotopic (exact) mass is 438 g/mol.